The molecule has 0 radical (unpaired) electrons. The number of aromatic nitrogens is 1. The van der Waals surface area contributed by atoms with Crippen LogP contribution in [0.2, 0.25) is 0 Å². The van der Waals surface area contributed by atoms with Crippen molar-refractivity contribution < 1.29 is 4.42 Å². The fourth-order valence-electron chi connectivity index (χ4n) is 8.26. The van der Waals surface area contributed by atoms with Crippen molar-refractivity contribution in [3.8, 4) is 39.1 Å². The quantitative estimate of drug-likeness (QED) is 0.187. The third-order valence-corrected chi connectivity index (χ3v) is 10.9. The average molecular weight is 703 g/mol. The Bertz CT molecular complexity index is 3230. The monoisotopic (exact) mass is 702 g/mol. The number of anilines is 2. The zero-order valence-corrected chi connectivity index (χ0v) is 29.9. The summed E-state index contributed by atoms with van der Waals surface area (Å²) in [6.45, 7) is 0. The van der Waals surface area contributed by atoms with E-state index >= 15 is 0 Å². The van der Waals surface area contributed by atoms with E-state index in [2.05, 4.69) is 204 Å². The molecule has 0 atom stereocenters. The van der Waals surface area contributed by atoms with Gasteiger partial charge in [0.15, 0.2) is 0 Å². The molecular formula is C52H34N2O. The van der Waals surface area contributed by atoms with Crippen LogP contribution in [-0.2, 0) is 0 Å². The maximum atomic E-state index is 6.44. The molecule has 0 aliphatic carbocycles. The highest BCUT2D eigenvalue weighted by Crippen LogP contribution is 2.41. The van der Waals surface area contributed by atoms with E-state index in [1.54, 1.807) is 0 Å². The lowest BCUT2D eigenvalue weighted by Gasteiger charge is -2.16. The molecule has 3 nitrogen and oxygen atoms in total. The minimum Gasteiger partial charge on any atom is -0.456 e. The molecule has 0 unspecified atom stereocenters. The van der Waals surface area contributed by atoms with Crippen molar-refractivity contribution in [3.05, 3.63) is 200 Å². The first kappa shape index (κ1) is 31.2. The summed E-state index contributed by atoms with van der Waals surface area (Å²) in [7, 11) is 0. The predicted octanol–water partition coefficient (Wildman–Crippen LogP) is 14.6. The minimum atomic E-state index is 0.898. The highest BCUT2D eigenvalue weighted by atomic mass is 16.3. The Labute approximate surface area is 318 Å². The van der Waals surface area contributed by atoms with Crippen LogP contribution in [0.15, 0.2) is 205 Å². The van der Waals surface area contributed by atoms with Gasteiger partial charge in [0.25, 0.3) is 0 Å². The van der Waals surface area contributed by atoms with Crippen molar-refractivity contribution in [1.29, 1.82) is 0 Å². The number of rotatable bonds is 6. The van der Waals surface area contributed by atoms with Gasteiger partial charge in [-0.2, -0.15) is 0 Å². The fourth-order valence-corrected chi connectivity index (χ4v) is 8.26. The minimum absolute atomic E-state index is 0.898. The van der Waals surface area contributed by atoms with Crippen molar-refractivity contribution >= 4 is 65.9 Å². The van der Waals surface area contributed by atoms with Crippen molar-refractivity contribution in [2.45, 2.75) is 0 Å². The molecule has 0 aliphatic heterocycles. The van der Waals surface area contributed by atoms with E-state index in [0.29, 0.717) is 0 Å². The summed E-state index contributed by atoms with van der Waals surface area (Å²) in [4.78, 5) is 0. The van der Waals surface area contributed by atoms with Gasteiger partial charge in [-0.05, 0) is 105 Å². The highest BCUT2D eigenvalue weighted by molar-refractivity contribution is 6.17. The number of nitrogens with zero attached hydrogens (tertiary/aromatic N) is 1. The third kappa shape index (κ3) is 5.36. The molecule has 258 valence electrons. The van der Waals surface area contributed by atoms with Crippen molar-refractivity contribution in [1.82, 2.24) is 4.57 Å². The van der Waals surface area contributed by atoms with Gasteiger partial charge in [0.1, 0.15) is 11.2 Å². The molecule has 0 aliphatic rings. The molecule has 11 aromatic rings. The van der Waals surface area contributed by atoms with Gasteiger partial charge in [0.05, 0.1) is 11.0 Å². The first-order valence-corrected chi connectivity index (χ1v) is 18.7. The molecule has 1 N–H and O–H groups in total. The van der Waals surface area contributed by atoms with Gasteiger partial charge in [-0.1, -0.05) is 133 Å². The SMILES string of the molecule is c1ccc(-c2cccc(Nc3ccc(-c4ccc5c(c4)c4cc6oc7ccccc7c6cc4n5-c4ccc5ccccc5c4)cc3-c3ccccc3)c2)cc1. The van der Waals surface area contributed by atoms with Gasteiger partial charge >= 0.3 is 0 Å². The van der Waals surface area contributed by atoms with E-state index in [9.17, 15) is 0 Å². The summed E-state index contributed by atoms with van der Waals surface area (Å²) in [6, 6.07) is 71.7. The predicted molar refractivity (Wildman–Crippen MR) is 232 cm³/mol. The van der Waals surface area contributed by atoms with Crippen LogP contribution in [0.5, 0.6) is 0 Å². The van der Waals surface area contributed by atoms with E-state index < -0.39 is 0 Å². The number of hydrogen-bond donors (Lipinski definition) is 1. The topological polar surface area (TPSA) is 30.1 Å². The highest BCUT2D eigenvalue weighted by Gasteiger charge is 2.18. The normalized spacial score (nSPS) is 11.6. The first-order chi connectivity index (χ1) is 27.2. The first-order valence-electron chi connectivity index (χ1n) is 18.7. The molecule has 2 heterocycles. The largest absolute Gasteiger partial charge is 0.456 e. The van der Waals surface area contributed by atoms with Crippen molar-refractivity contribution in [3.63, 3.8) is 0 Å². The summed E-state index contributed by atoms with van der Waals surface area (Å²) in [5.41, 5.74) is 14.3. The van der Waals surface area contributed by atoms with Crippen LogP contribution in [0, 0.1) is 0 Å². The smallest absolute Gasteiger partial charge is 0.136 e. The second kappa shape index (κ2) is 12.6. The number of furan rings is 1. The van der Waals surface area contributed by atoms with E-state index in [1.165, 1.54) is 27.3 Å². The lowest BCUT2D eigenvalue weighted by molar-refractivity contribution is 0.669. The standard InChI is InChI=1S/C52H34N2O/c1-3-12-34(13-4-1)37-18-11-19-41(28-37)53-48-26-23-39(30-44(48)36-15-5-2-6-16-36)40-24-27-49-45(31-40)46-33-52-47(43-20-9-10-21-51(43)55-52)32-50(46)54(49)42-25-22-35-14-7-8-17-38(35)29-42/h1-33,53H. The Morgan fingerprint density at radius 3 is 1.93 bits per heavy atom. The molecule has 11 rings (SSSR count). The van der Waals surface area contributed by atoms with Gasteiger partial charge in [-0.15, -0.1) is 0 Å². The average Bonchev–Trinajstić information content (AvgIpc) is 3.78. The summed E-state index contributed by atoms with van der Waals surface area (Å²) >= 11 is 0. The fraction of sp³-hybridized carbons (Fsp3) is 0. The second-order valence-corrected chi connectivity index (χ2v) is 14.3. The van der Waals surface area contributed by atoms with Crippen LogP contribution in [0.3, 0.4) is 0 Å². The maximum absolute atomic E-state index is 6.44. The zero-order chi connectivity index (χ0) is 36.3. The van der Waals surface area contributed by atoms with Gasteiger partial charge in [-0.25, -0.2) is 0 Å². The second-order valence-electron chi connectivity index (χ2n) is 14.3. The third-order valence-electron chi connectivity index (χ3n) is 10.9. The summed E-state index contributed by atoms with van der Waals surface area (Å²) in [5.74, 6) is 0. The number of hydrogen-bond acceptors (Lipinski definition) is 2. The Morgan fingerprint density at radius 2 is 1.05 bits per heavy atom. The molecule has 0 saturated heterocycles. The number of nitrogens with one attached hydrogen (secondary N) is 1. The van der Waals surface area contributed by atoms with Crippen LogP contribution >= 0.6 is 0 Å². The Balaban J connectivity index is 1.08. The Kier molecular flexibility index (Phi) is 7.17. The molecule has 0 spiro atoms. The molecule has 2 aromatic heterocycles. The van der Waals surface area contributed by atoms with Gasteiger partial charge in [-0.3, -0.25) is 0 Å². The molecule has 55 heavy (non-hydrogen) atoms. The molecule has 9 aromatic carbocycles. The molecule has 0 bridgehead atoms. The summed E-state index contributed by atoms with van der Waals surface area (Å²) in [5, 5.41) is 10.8. The lowest BCUT2D eigenvalue weighted by atomic mass is 9.96. The van der Waals surface area contributed by atoms with Crippen LogP contribution in [0.25, 0.3) is 93.6 Å². The van der Waals surface area contributed by atoms with E-state index in [1.807, 2.05) is 6.07 Å². The number of benzene rings is 9. The molecule has 0 saturated carbocycles. The number of para-hydroxylation sites is 1. The molecule has 3 heteroatoms. The number of fused-ring (bicyclic) bond motifs is 7. The maximum Gasteiger partial charge on any atom is 0.136 e. The van der Waals surface area contributed by atoms with Crippen LogP contribution in [-0.4, -0.2) is 4.57 Å². The van der Waals surface area contributed by atoms with E-state index in [4.69, 9.17) is 4.42 Å². The molecular weight excluding hydrogens is 669 g/mol. The summed E-state index contributed by atoms with van der Waals surface area (Å²) < 4.78 is 8.85. The van der Waals surface area contributed by atoms with Gasteiger partial charge in [0.2, 0.25) is 0 Å². The Hall–Kier alpha value is -7.36. The molecule has 0 amide bonds. The van der Waals surface area contributed by atoms with Gasteiger partial charge in [0, 0.05) is 44.2 Å². The van der Waals surface area contributed by atoms with Crippen LogP contribution in [0.4, 0.5) is 11.4 Å². The van der Waals surface area contributed by atoms with Crippen LogP contribution in [0.1, 0.15) is 0 Å². The van der Waals surface area contributed by atoms with Gasteiger partial charge < -0.3 is 14.3 Å². The van der Waals surface area contributed by atoms with Crippen LogP contribution < -0.4 is 5.32 Å². The van der Waals surface area contributed by atoms with E-state index in [0.717, 1.165) is 77.7 Å². The summed E-state index contributed by atoms with van der Waals surface area (Å²) in [6.07, 6.45) is 0. The lowest BCUT2D eigenvalue weighted by Crippen LogP contribution is -1.95. The Morgan fingerprint density at radius 1 is 0.364 bits per heavy atom. The van der Waals surface area contributed by atoms with Crippen molar-refractivity contribution in [2.24, 2.45) is 0 Å². The zero-order valence-electron chi connectivity index (χ0n) is 29.9. The van der Waals surface area contributed by atoms with Crippen molar-refractivity contribution in [2.75, 3.05) is 5.32 Å². The van der Waals surface area contributed by atoms with E-state index in [-0.39, 0.29) is 0 Å². The molecule has 0 fully saturated rings.